The average molecular weight is 165 g/mol. The molecule has 1 saturated carbocycles. The maximum absolute atomic E-state index is 10.7. The van der Waals surface area contributed by atoms with Crippen molar-refractivity contribution in [2.24, 2.45) is 5.92 Å². The quantitative estimate of drug-likeness (QED) is 0.725. The van der Waals surface area contributed by atoms with Crippen LogP contribution in [0.3, 0.4) is 0 Å². The van der Waals surface area contributed by atoms with Crippen molar-refractivity contribution in [1.82, 2.24) is 4.57 Å². The van der Waals surface area contributed by atoms with Gasteiger partial charge in [0.1, 0.15) is 5.69 Å². The fraction of sp³-hybridized carbons (Fsp3) is 0.444. The van der Waals surface area contributed by atoms with E-state index < -0.39 is 5.97 Å². The van der Waals surface area contributed by atoms with E-state index in [1.807, 2.05) is 10.8 Å². The molecule has 0 aliphatic heterocycles. The maximum atomic E-state index is 10.7. The molecule has 1 N–H and O–H groups in total. The number of aromatic carboxylic acids is 1. The fourth-order valence-corrected chi connectivity index (χ4v) is 1.55. The van der Waals surface area contributed by atoms with E-state index in [1.165, 1.54) is 0 Å². The zero-order chi connectivity index (χ0) is 8.72. The van der Waals surface area contributed by atoms with E-state index in [4.69, 9.17) is 5.11 Å². The summed E-state index contributed by atoms with van der Waals surface area (Å²) < 4.78 is 1.85. The van der Waals surface area contributed by atoms with Gasteiger partial charge in [0.15, 0.2) is 0 Å². The molecule has 0 radical (unpaired) electrons. The van der Waals surface area contributed by atoms with Crippen LogP contribution in [-0.2, 0) is 0 Å². The summed E-state index contributed by atoms with van der Waals surface area (Å²) in [4.78, 5) is 10.7. The number of aromatic nitrogens is 1. The molecule has 0 spiro atoms. The lowest BCUT2D eigenvalue weighted by atomic mass is 10.4. The molecule has 2 atom stereocenters. The normalized spacial score (nSPS) is 27.1. The molecule has 64 valence electrons. The van der Waals surface area contributed by atoms with Gasteiger partial charge in [0.25, 0.3) is 0 Å². The van der Waals surface area contributed by atoms with E-state index in [9.17, 15) is 4.79 Å². The molecule has 1 heterocycles. The molecule has 1 aromatic rings. The number of rotatable bonds is 2. The summed E-state index contributed by atoms with van der Waals surface area (Å²) in [5.41, 5.74) is 0.407. The van der Waals surface area contributed by atoms with Crippen LogP contribution in [0, 0.1) is 5.92 Å². The van der Waals surface area contributed by atoms with Crippen molar-refractivity contribution in [3.8, 4) is 0 Å². The van der Waals surface area contributed by atoms with E-state index in [1.54, 1.807) is 12.1 Å². The highest BCUT2D eigenvalue weighted by atomic mass is 16.4. The first-order chi connectivity index (χ1) is 5.70. The Labute approximate surface area is 70.6 Å². The van der Waals surface area contributed by atoms with Gasteiger partial charge in [0.05, 0.1) is 0 Å². The number of nitrogens with zero attached hydrogens (tertiary/aromatic N) is 1. The summed E-state index contributed by atoms with van der Waals surface area (Å²) in [7, 11) is 0. The predicted molar refractivity (Wildman–Crippen MR) is 44.2 cm³/mol. The van der Waals surface area contributed by atoms with Gasteiger partial charge in [-0.2, -0.15) is 0 Å². The van der Waals surface area contributed by atoms with Gasteiger partial charge in [-0.25, -0.2) is 4.79 Å². The molecule has 1 aliphatic carbocycles. The van der Waals surface area contributed by atoms with Gasteiger partial charge in [-0.1, -0.05) is 6.92 Å². The number of carboxylic acid groups (broad SMARTS) is 1. The Morgan fingerprint density at radius 1 is 1.75 bits per heavy atom. The van der Waals surface area contributed by atoms with Crippen molar-refractivity contribution in [3.05, 3.63) is 24.0 Å². The van der Waals surface area contributed by atoms with Gasteiger partial charge >= 0.3 is 5.97 Å². The van der Waals surface area contributed by atoms with Gasteiger partial charge in [-0.05, 0) is 24.5 Å². The van der Waals surface area contributed by atoms with Crippen molar-refractivity contribution in [2.75, 3.05) is 0 Å². The number of carboxylic acids is 1. The van der Waals surface area contributed by atoms with Crippen molar-refractivity contribution >= 4 is 5.97 Å². The SMILES string of the molecule is CC1CC1n1cccc1C(=O)O. The zero-order valence-electron chi connectivity index (χ0n) is 6.90. The Morgan fingerprint density at radius 2 is 2.42 bits per heavy atom. The molecule has 12 heavy (non-hydrogen) atoms. The molecule has 0 saturated heterocycles. The van der Waals surface area contributed by atoms with Crippen LogP contribution >= 0.6 is 0 Å². The molecule has 3 heteroatoms. The molecule has 0 aromatic carbocycles. The van der Waals surface area contributed by atoms with Crippen LogP contribution in [0.15, 0.2) is 18.3 Å². The van der Waals surface area contributed by atoms with Crippen LogP contribution in [0.2, 0.25) is 0 Å². The topological polar surface area (TPSA) is 42.2 Å². The minimum Gasteiger partial charge on any atom is -0.477 e. The largest absolute Gasteiger partial charge is 0.477 e. The Balaban J connectivity index is 2.31. The first-order valence-corrected chi connectivity index (χ1v) is 4.10. The summed E-state index contributed by atoms with van der Waals surface area (Å²) >= 11 is 0. The Bertz CT molecular complexity index is 316. The predicted octanol–water partition coefficient (Wildman–Crippen LogP) is 1.77. The smallest absolute Gasteiger partial charge is 0.352 e. The molecule has 3 nitrogen and oxygen atoms in total. The second-order valence-electron chi connectivity index (χ2n) is 3.39. The van der Waals surface area contributed by atoms with E-state index >= 15 is 0 Å². The minimum absolute atomic E-state index is 0.407. The monoisotopic (exact) mass is 165 g/mol. The summed E-state index contributed by atoms with van der Waals surface area (Å²) in [5.74, 6) is -0.199. The van der Waals surface area contributed by atoms with Crippen LogP contribution < -0.4 is 0 Å². The highest BCUT2D eigenvalue weighted by Crippen LogP contribution is 2.43. The van der Waals surface area contributed by atoms with Gasteiger partial charge in [0, 0.05) is 12.2 Å². The molecular weight excluding hydrogens is 154 g/mol. The van der Waals surface area contributed by atoms with Crippen LogP contribution in [0.25, 0.3) is 0 Å². The number of hydrogen-bond donors (Lipinski definition) is 1. The molecule has 1 aromatic heterocycles. The molecule has 2 rings (SSSR count). The van der Waals surface area contributed by atoms with Gasteiger partial charge in [0.2, 0.25) is 0 Å². The second kappa shape index (κ2) is 2.37. The molecular formula is C9H11NO2. The standard InChI is InChI=1S/C9H11NO2/c1-6-5-8(6)10-4-2-3-7(10)9(11)12/h2-4,6,8H,5H2,1H3,(H,11,12). The van der Waals surface area contributed by atoms with Crippen molar-refractivity contribution in [3.63, 3.8) is 0 Å². The third-order valence-electron chi connectivity index (χ3n) is 2.42. The van der Waals surface area contributed by atoms with Crippen LogP contribution in [0.1, 0.15) is 29.9 Å². The van der Waals surface area contributed by atoms with Gasteiger partial charge in [-0.3, -0.25) is 0 Å². The lowest BCUT2D eigenvalue weighted by Crippen LogP contribution is -2.06. The molecule has 0 amide bonds. The van der Waals surface area contributed by atoms with Crippen LogP contribution in [-0.4, -0.2) is 15.6 Å². The maximum Gasteiger partial charge on any atom is 0.352 e. The van der Waals surface area contributed by atoms with E-state index in [-0.39, 0.29) is 0 Å². The lowest BCUT2D eigenvalue weighted by molar-refractivity contribution is 0.0684. The van der Waals surface area contributed by atoms with Crippen molar-refractivity contribution in [2.45, 2.75) is 19.4 Å². The van der Waals surface area contributed by atoms with Crippen molar-refractivity contribution < 1.29 is 9.90 Å². The van der Waals surface area contributed by atoms with Crippen LogP contribution in [0.4, 0.5) is 0 Å². The molecule has 2 unspecified atom stereocenters. The van der Waals surface area contributed by atoms with E-state index in [2.05, 4.69) is 6.92 Å². The molecule has 1 aliphatic rings. The zero-order valence-corrected chi connectivity index (χ0v) is 6.90. The highest BCUT2D eigenvalue weighted by Gasteiger charge is 2.35. The first kappa shape index (κ1) is 7.40. The number of carbonyl (C=O) groups is 1. The Hall–Kier alpha value is -1.25. The lowest BCUT2D eigenvalue weighted by Gasteiger charge is -2.02. The third-order valence-corrected chi connectivity index (χ3v) is 2.42. The van der Waals surface area contributed by atoms with Crippen molar-refractivity contribution in [1.29, 1.82) is 0 Å². The highest BCUT2D eigenvalue weighted by molar-refractivity contribution is 5.85. The van der Waals surface area contributed by atoms with Gasteiger partial charge < -0.3 is 9.67 Å². The third kappa shape index (κ3) is 1.02. The Morgan fingerprint density at radius 3 is 2.92 bits per heavy atom. The van der Waals surface area contributed by atoms with E-state index in [0.717, 1.165) is 6.42 Å². The Kier molecular flexibility index (Phi) is 1.46. The second-order valence-corrected chi connectivity index (χ2v) is 3.39. The van der Waals surface area contributed by atoms with Crippen LogP contribution in [0.5, 0.6) is 0 Å². The van der Waals surface area contributed by atoms with E-state index in [0.29, 0.717) is 17.7 Å². The molecule has 0 bridgehead atoms. The minimum atomic E-state index is -0.834. The fourth-order valence-electron chi connectivity index (χ4n) is 1.55. The average Bonchev–Trinajstić information content (AvgIpc) is 2.58. The summed E-state index contributed by atoms with van der Waals surface area (Å²) in [5, 5.41) is 8.80. The number of hydrogen-bond acceptors (Lipinski definition) is 1. The molecule has 1 fully saturated rings. The summed E-state index contributed by atoms with van der Waals surface area (Å²) in [6, 6.07) is 3.85. The summed E-state index contributed by atoms with van der Waals surface area (Å²) in [6.07, 6.45) is 2.95. The summed E-state index contributed by atoms with van der Waals surface area (Å²) in [6.45, 7) is 2.14. The van der Waals surface area contributed by atoms with Gasteiger partial charge in [-0.15, -0.1) is 0 Å². The first-order valence-electron chi connectivity index (χ1n) is 4.10.